The van der Waals surface area contributed by atoms with E-state index in [1.165, 1.54) is 31.2 Å². The van der Waals surface area contributed by atoms with Crippen molar-refractivity contribution in [1.82, 2.24) is 15.3 Å². The Labute approximate surface area is 262 Å². The van der Waals surface area contributed by atoms with Crippen LogP contribution in [0.3, 0.4) is 0 Å². The van der Waals surface area contributed by atoms with Crippen LogP contribution in [0.5, 0.6) is 5.75 Å². The monoisotopic (exact) mass is 647 g/mol. The Morgan fingerprint density at radius 1 is 1.04 bits per heavy atom. The van der Waals surface area contributed by atoms with Crippen LogP contribution in [-0.2, 0) is 28.7 Å². The lowest BCUT2D eigenvalue weighted by atomic mass is 9.96. The standard InChI is InChI=1S/C32H33F4N3O5S/c1-19-22(13-9-15-25(19)40)28(42)37-24(16-20-10-5-4-6-11-20)26(41)29(43)38-18-45-31(2,3)27(38)30(44)39(36)17-21-12-7-8-14-23(21)32(33,34)35/h4-15,24,26-27,40-41H,16-18H2,1-3H3,(H,37,42)/t24-,26-,27+/m0/s1. The first-order chi connectivity index (χ1) is 21.1. The quantitative estimate of drug-likeness (QED) is 0.223. The number of nitrogens with zero attached hydrogens (tertiary/aromatic N) is 2. The zero-order valence-electron chi connectivity index (χ0n) is 24.7. The number of nitrogens with one attached hydrogen (secondary N) is 1. The number of aliphatic hydroxyl groups excluding tert-OH is 1. The highest BCUT2D eigenvalue weighted by atomic mass is 32.2. The van der Waals surface area contributed by atoms with Gasteiger partial charge < -0.3 is 20.4 Å². The molecule has 4 rings (SSSR count). The Morgan fingerprint density at radius 3 is 2.36 bits per heavy atom. The van der Waals surface area contributed by atoms with Crippen LogP contribution < -0.4 is 5.32 Å². The van der Waals surface area contributed by atoms with E-state index in [0.29, 0.717) is 5.56 Å². The van der Waals surface area contributed by atoms with E-state index in [2.05, 4.69) is 5.32 Å². The molecule has 0 unspecified atom stereocenters. The van der Waals surface area contributed by atoms with E-state index < -0.39 is 64.5 Å². The van der Waals surface area contributed by atoms with Crippen molar-refractivity contribution in [3.63, 3.8) is 0 Å². The van der Waals surface area contributed by atoms with Crippen LogP contribution in [0.1, 0.15) is 46.5 Å². The lowest BCUT2D eigenvalue weighted by Crippen LogP contribution is -2.58. The van der Waals surface area contributed by atoms with Crippen LogP contribution in [0.15, 0.2) is 72.8 Å². The molecule has 1 aliphatic heterocycles. The zero-order valence-corrected chi connectivity index (χ0v) is 25.5. The lowest BCUT2D eigenvalue weighted by Gasteiger charge is -2.34. The van der Waals surface area contributed by atoms with Crippen molar-refractivity contribution < 1.29 is 42.2 Å². The van der Waals surface area contributed by atoms with Gasteiger partial charge in [-0.2, -0.15) is 18.3 Å². The molecule has 45 heavy (non-hydrogen) atoms. The minimum Gasteiger partial charge on any atom is -0.508 e. The van der Waals surface area contributed by atoms with Crippen LogP contribution in [0.2, 0.25) is 0 Å². The number of hydrogen-bond acceptors (Lipinski definition) is 6. The van der Waals surface area contributed by atoms with Crippen molar-refractivity contribution in [3.8, 4) is 5.75 Å². The van der Waals surface area contributed by atoms with E-state index in [4.69, 9.17) is 0 Å². The third-order valence-electron chi connectivity index (χ3n) is 7.73. The first-order valence-electron chi connectivity index (χ1n) is 14.0. The van der Waals surface area contributed by atoms with E-state index in [1.807, 2.05) is 0 Å². The van der Waals surface area contributed by atoms with Crippen LogP contribution >= 0.6 is 11.8 Å². The number of thioether (sulfide) groups is 1. The molecule has 0 bridgehead atoms. The van der Waals surface area contributed by atoms with Crippen LogP contribution in [-0.4, -0.2) is 66.8 Å². The van der Waals surface area contributed by atoms with Crippen molar-refractivity contribution in [2.24, 2.45) is 0 Å². The van der Waals surface area contributed by atoms with Gasteiger partial charge in [-0.25, -0.2) is 0 Å². The number of aromatic hydroxyl groups is 1. The van der Waals surface area contributed by atoms with E-state index in [1.54, 1.807) is 44.2 Å². The van der Waals surface area contributed by atoms with E-state index in [-0.39, 0.29) is 34.3 Å². The molecule has 240 valence electrons. The summed E-state index contributed by atoms with van der Waals surface area (Å²) in [6.45, 7) is 3.70. The first-order valence-corrected chi connectivity index (χ1v) is 15.0. The SMILES string of the molecule is Cc1c(O)cccc1C(=O)N[C@@H](Cc1ccccc1)[C@H](O)C(=O)N1CSC(C)(C)[C@H]1C(=O)N(F)Cc1ccccc1C(F)(F)F. The highest BCUT2D eigenvalue weighted by Gasteiger charge is 2.51. The van der Waals surface area contributed by atoms with Crippen molar-refractivity contribution in [1.29, 1.82) is 0 Å². The van der Waals surface area contributed by atoms with Gasteiger partial charge in [-0.15, -0.1) is 11.8 Å². The maximum absolute atomic E-state index is 15.4. The fourth-order valence-corrected chi connectivity index (χ4v) is 6.38. The number of carbonyl (C=O) groups is 3. The molecule has 1 saturated heterocycles. The number of halogens is 4. The molecule has 0 radical (unpaired) electrons. The zero-order chi connectivity index (χ0) is 33.1. The summed E-state index contributed by atoms with van der Waals surface area (Å²) in [5.41, 5.74) is -0.483. The molecule has 3 N–H and O–H groups in total. The molecule has 1 aliphatic rings. The van der Waals surface area contributed by atoms with E-state index in [0.717, 1.165) is 34.9 Å². The maximum Gasteiger partial charge on any atom is 0.416 e. The van der Waals surface area contributed by atoms with E-state index in [9.17, 15) is 37.8 Å². The molecule has 3 amide bonds. The number of phenols is 1. The predicted octanol–water partition coefficient (Wildman–Crippen LogP) is 5.01. The van der Waals surface area contributed by atoms with Crippen LogP contribution in [0.25, 0.3) is 0 Å². The summed E-state index contributed by atoms with van der Waals surface area (Å²) in [5.74, 6) is -3.13. The highest BCUT2D eigenvalue weighted by Crippen LogP contribution is 2.41. The summed E-state index contributed by atoms with van der Waals surface area (Å²) in [5, 5.41) is 23.8. The summed E-state index contributed by atoms with van der Waals surface area (Å²) in [4.78, 5) is 41.5. The first kappa shape index (κ1) is 33.8. The van der Waals surface area contributed by atoms with Gasteiger partial charge in [0, 0.05) is 15.9 Å². The van der Waals surface area contributed by atoms with Gasteiger partial charge in [-0.05, 0) is 56.5 Å². The number of amides is 3. The predicted molar refractivity (Wildman–Crippen MR) is 161 cm³/mol. The summed E-state index contributed by atoms with van der Waals surface area (Å²) in [6.07, 6.45) is -6.66. The number of benzene rings is 3. The molecular weight excluding hydrogens is 614 g/mol. The molecule has 3 aromatic rings. The molecule has 1 fully saturated rings. The molecule has 0 aliphatic carbocycles. The van der Waals surface area contributed by atoms with Gasteiger partial charge in [0.25, 0.3) is 17.7 Å². The average molecular weight is 648 g/mol. The number of carbonyl (C=O) groups excluding carboxylic acids is 3. The van der Waals surface area contributed by atoms with Gasteiger partial charge in [0.2, 0.25) is 0 Å². The van der Waals surface area contributed by atoms with Crippen LogP contribution in [0.4, 0.5) is 17.7 Å². The number of aliphatic hydroxyl groups is 1. The normalized spacial score (nSPS) is 17.4. The fourth-order valence-electron chi connectivity index (χ4n) is 5.25. The summed E-state index contributed by atoms with van der Waals surface area (Å²) in [7, 11) is 0. The lowest BCUT2D eigenvalue weighted by molar-refractivity contribution is -0.161. The van der Waals surface area contributed by atoms with Crippen molar-refractivity contribution in [3.05, 3.63) is 101 Å². The van der Waals surface area contributed by atoms with Crippen molar-refractivity contribution in [2.45, 2.75) is 62.8 Å². The maximum atomic E-state index is 15.4. The van der Waals surface area contributed by atoms with Crippen LogP contribution in [0, 0.1) is 6.92 Å². The summed E-state index contributed by atoms with van der Waals surface area (Å²) < 4.78 is 54.8. The van der Waals surface area contributed by atoms with Gasteiger partial charge in [0.1, 0.15) is 11.8 Å². The Balaban J connectivity index is 1.60. The molecule has 0 saturated carbocycles. The second kappa shape index (κ2) is 13.5. The third-order valence-corrected chi connectivity index (χ3v) is 9.11. The smallest absolute Gasteiger partial charge is 0.416 e. The summed E-state index contributed by atoms with van der Waals surface area (Å²) >= 11 is 1.14. The molecule has 0 aromatic heterocycles. The van der Waals surface area contributed by atoms with Crippen molar-refractivity contribution >= 4 is 29.5 Å². The second-order valence-corrected chi connectivity index (χ2v) is 12.9. The van der Waals surface area contributed by atoms with Gasteiger partial charge in [0.15, 0.2) is 6.10 Å². The molecule has 1 heterocycles. The van der Waals surface area contributed by atoms with Gasteiger partial charge in [0.05, 0.1) is 24.0 Å². The molecule has 8 nitrogen and oxygen atoms in total. The summed E-state index contributed by atoms with van der Waals surface area (Å²) in [6, 6.07) is 14.7. The Bertz CT molecular complexity index is 1550. The molecular formula is C32H33F4N3O5S. The average Bonchev–Trinajstić information content (AvgIpc) is 3.31. The fraction of sp³-hybridized carbons (Fsp3) is 0.344. The Hall–Kier alpha value is -4.10. The van der Waals surface area contributed by atoms with E-state index >= 15 is 4.48 Å². The number of alkyl halides is 3. The largest absolute Gasteiger partial charge is 0.508 e. The van der Waals surface area contributed by atoms with Gasteiger partial charge in [-0.3, -0.25) is 14.4 Å². The Kier molecular flexibility index (Phi) is 10.1. The minimum atomic E-state index is -4.77. The number of rotatable bonds is 9. The number of phenolic OH excluding ortho intramolecular Hbond substituents is 1. The minimum absolute atomic E-state index is 0.00377. The molecule has 0 spiro atoms. The number of hydrogen-bond donors (Lipinski definition) is 3. The highest BCUT2D eigenvalue weighted by molar-refractivity contribution is 8.00. The second-order valence-electron chi connectivity index (χ2n) is 11.3. The Morgan fingerprint density at radius 2 is 1.69 bits per heavy atom. The van der Waals surface area contributed by atoms with Gasteiger partial charge in [-0.1, -0.05) is 59.1 Å². The molecule has 3 aromatic carbocycles. The third kappa shape index (κ3) is 7.59. The van der Waals surface area contributed by atoms with Gasteiger partial charge >= 0.3 is 6.18 Å². The topological polar surface area (TPSA) is 110 Å². The molecule has 3 atom stereocenters. The van der Waals surface area contributed by atoms with Crippen molar-refractivity contribution in [2.75, 3.05) is 5.88 Å². The molecule has 13 heteroatoms.